The van der Waals surface area contributed by atoms with Gasteiger partial charge in [0.1, 0.15) is 0 Å². The van der Waals surface area contributed by atoms with E-state index >= 15 is 0 Å². The van der Waals surface area contributed by atoms with Gasteiger partial charge in [0, 0.05) is 17.4 Å². The van der Waals surface area contributed by atoms with Crippen LogP contribution in [0.4, 0.5) is 16.2 Å². The van der Waals surface area contributed by atoms with Crippen LogP contribution in [0.15, 0.2) is 35.7 Å². The van der Waals surface area contributed by atoms with Gasteiger partial charge in [-0.05, 0) is 56.0 Å². The molecule has 0 atom stereocenters. The summed E-state index contributed by atoms with van der Waals surface area (Å²) in [7, 11) is 0. The minimum Gasteiger partial charge on any atom is -0.336 e. The average molecular weight is 317 g/mol. The Balaban J connectivity index is 2.04. The van der Waals surface area contributed by atoms with Crippen molar-refractivity contribution in [2.24, 2.45) is 0 Å². The molecule has 3 N–H and O–H groups in total. The van der Waals surface area contributed by atoms with Gasteiger partial charge in [0.25, 0.3) is 5.91 Å². The number of carbonyl (C=O) groups is 2. The Morgan fingerprint density at radius 1 is 1.09 bits per heavy atom. The van der Waals surface area contributed by atoms with Crippen LogP contribution in [0, 0.1) is 6.92 Å². The van der Waals surface area contributed by atoms with Gasteiger partial charge < -0.3 is 16.0 Å². The second-order valence-electron chi connectivity index (χ2n) is 5.22. The molecule has 6 heteroatoms. The highest BCUT2D eigenvalue weighted by Gasteiger charge is 2.11. The van der Waals surface area contributed by atoms with Gasteiger partial charge in [0.15, 0.2) is 0 Å². The monoisotopic (exact) mass is 317 g/mol. The maximum Gasteiger partial charge on any atom is 0.319 e. The molecule has 2 rings (SSSR count). The molecular formula is C16H19N3O2S. The topological polar surface area (TPSA) is 70.2 Å². The van der Waals surface area contributed by atoms with Gasteiger partial charge in [-0.15, -0.1) is 11.3 Å². The molecule has 5 nitrogen and oxygen atoms in total. The van der Waals surface area contributed by atoms with Crippen LogP contribution in [0.2, 0.25) is 0 Å². The average Bonchev–Trinajstić information content (AvgIpc) is 2.84. The Labute approximate surface area is 133 Å². The molecule has 0 bridgehead atoms. The highest BCUT2D eigenvalue weighted by molar-refractivity contribution is 7.12. The lowest BCUT2D eigenvalue weighted by Gasteiger charge is -2.11. The lowest BCUT2D eigenvalue weighted by atomic mass is 10.2. The minimum atomic E-state index is -0.271. The van der Waals surface area contributed by atoms with Crippen LogP contribution in [-0.2, 0) is 0 Å². The third-order valence-electron chi connectivity index (χ3n) is 2.87. The summed E-state index contributed by atoms with van der Waals surface area (Å²) >= 11 is 1.41. The lowest BCUT2D eigenvalue weighted by molar-refractivity contribution is 0.103. The van der Waals surface area contributed by atoms with E-state index in [-0.39, 0.29) is 18.0 Å². The number of amides is 3. The molecule has 0 fully saturated rings. The first-order valence-electron chi connectivity index (χ1n) is 6.98. The molecule has 116 valence electrons. The molecule has 1 heterocycles. The number of aryl methyl sites for hydroxylation is 1. The zero-order chi connectivity index (χ0) is 16.1. The summed E-state index contributed by atoms with van der Waals surface area (Å²) in [4.78, 5) is 24.5. The van der Waals surface area contributed by atoms with E-state index in [2.05, 4.69) is 16.0 Å². The van der Waals surface area contributed by atoms with Gasteiger partial charge >= 0.3 is 6.03 Å². The molecule has 0 radical (unpaired) electrons. The molecule has 0 unspecified atom stereocenters. The Bertz CT molecular complexity index is 680. The fourth-order valence-corrected chi connectivity index (χ4v) is 2.72. The van der Waals surface area contributed by atoms with E-state index in [9.17, 15) is 9.59 Å². The summed E-state index contributed by atoms with van der Waals surface area (Å²) in [5.74, 6) is -0.142. The third kappa shape index (κ3) is 4.33. The first-order chi connectivity index (χ1) is 10.5. The molecule has 2 aromatic rings. The van der Waals surface area contributed by atoms with Crippen molar-refractivity contribution >= 4 is 34.6 Å². The van der Waals surface area contributed by atoms with Crippen LogP contribution in [0.3, 0.4) is 0 Å². The number of carbonyl (C=O) groups excluding carboxylic acids is 2. The van der Waals surface area contributed by atoms with Crippen molar-refractivity contribution < 1.29 is 9.59 Å². The van der Waals surface area contributed by atoms with Crippen LogP contribution in [0.25, 0.3) is 0 Å². The smallest absolute Gasteiger partial charge is 0.319 e. The van der Waals surface area contributed by atoms with Gasteiger partial charge in [-0.1, -0.05) is 6.07 Å². The van der Waals surface area contributed by atoms with Crippen molar-refractivity contribution in [3.05, 3.63) is 46.2 Å². The molecule has 0 spiro atoms. The van der Waals surface area contributed by atoms with E-state index in [0.717, 1.165) is 5.56 Å². The first-order valence-corrected chi connectivity index (χ1v) is 7.86. The number of thiophene rings is 1. The molecule has 0 aliphatic carbocycles. The summed E-state index contributed by atoms with van der Waals surface area (Å²) in [6.45, 7) is 5.68. The zero-order valence-electron chi connectivity index (χ0n) is 12.8. The standard InChI is InChI=1S/C16H19N3O2S/c1-10(2)17-16(21)19-13-6-4-5-12(9-13)18-15(20)14-11(3)7-8-22-14/h4-10H,1-3H3,(H,18,20)(H2,17,19,21). The van der Waals surface area contributed by atoms with Gasteiger partial charge in [0.2, 0.25) is 0 Å². The van der Waals surface area contributed by atoms with Crippen LogP contribution >= 0.6 is 11.3 Å². The maximum atomic E-state index is 12.2. The second kappa shape index (κ2) is 7.09. The summed E-state index contributed by atoms with van der Waals surface area (Å²) in [5.41, 5.74) is 2.21. The SMILES string of the molecule is Cc1ccsc1C(=O)Nc1cccc(NC(=O)NC(C)C)c1. The van der Waals surface area contributed by atoms with E-state index in [1.54, 1.807) is 24.3 Å². The van der Waals surface area contributed by atoms with Gasteiger partial charge in [0.05, 0.1) is 4.88 Å². The fourth-order valence-electron chi connectivity index (χ4n) is 1.90. The molecule has 1 aromatic heterocycles. The molecule has 0 saturated heterocycles. The molecular weight excluding hydrogens is 298 g/mol. The fraction of sp³-hybridized carbons (Fsp3) is 0.250. The Morgan fingerprint density at radius 2 is 1.77 bits per heavy atom. The van der Waals surface area contributed by atoms with E-state index in [0.29, 0.717) is 16.3 Å². The van der Waals surface area contributed by atoms with Gasteiger partial charge in [-0.3, -0.25) is 4.79 Å². The van der Waals surface area contributed by atoms with Crippen LogP contribution in [0.1, 0.15) is 29.1 Å². The molecule has 1 aromatic carbocycles. The van der Waals surface area contributed by atoms with E-state index in [4.69, 9.17) is 0 Å². The molecule has 22 heavy (non-hydrogen) atoms. The van der Waals surface area contributed by atoms with Crippen molar-refractivity contribution in [2.75, 3.05) is 10.6 Å². The van der Waals surface area contributed by atoms with Gasteiger partial charge in [-0.2, -0.15) is 0 Å². The number of nitrogens with one attached hydrogen (secondary N) is 3. The first kappa shape index (κ1) is 16.0. The number of rotatable bonds is 4. The van der Waals surface area contributed by atoms with Crippen molar-refractivity contribution in [3.63, 3.8) is 0 Å². The van der Waals surface area contributed by atoms with E-state index < -0.39 is 0 Å². The van der Waals surface area contributed by atoms with E-state index in [1.807, 2.05) is 32.2 Å². The highest BCUT2D eigenvalue weighted by Crippen LogP contribution is 2.20. The number of anilines is 2. The predicted molar refractivity (Wildman–Crippen MR) is 90.7 cm³/mol. The summed E-state index contributed by atoms with van der Waals surface area (Å²) in [6, 6.07) is 8.76. The third-order valence-corrected chi connectivity index (χ3v) is 3.88. The summed E-state index contributed by atoms with van der Waals surface area (Å²) in [6.07, 6.45) is 0. The summed E-state index contributed by atoms with van der Waals surface area (Å²) < 4.78 is 0. The number of benzene rings is 1. The second-order valence-corrected chi connectivity index (χ2v) is 6.14. The quantitative estimate of drug-likeness (QED) is 0.802. The Hall–Kier alpha value is -2.34. The summed E-state index contributed by atoms with van der Waals surface area (Å²) in [5, 5.41) is 10.2. The molecule has 0 aliphatic heterocycles. The van der Waals surface area contributed by atoms with Gasteiger partial charge in [-0.25, -0.2) is 4.79 Å². The van der Waals surface area contributed by atoms with Crippen LogP contribution in [-0.4, -0.2) is 18.0 Å². The van der Waals surface area contributed by atoms with Crippen molar-refractivity contribution in [1.29, 1.82) is 0 Å². The van der Waals surface area contributed by atoms with Crippen LogP contribution < -0.4 is 16.0 Å². The largest absolute Gasteiger partial charge is 0.336 e. The zero-order valence-corrected chi connectivity index (χ0v) is 13.6. The lowest BCUT2D eigenvalue weighted by Crippen LogP contribution is -2.34. The van der Waals surface area contributed by atoms with E-state index in [1.165, 1.54) is 11.3 Å². The van der Waals surface area contributed by atoms with Crippen LogP contribution in [0.5, 0.6) is 0 Å². The highest BCUT2D eigenvalue weighted by atomic mass is 32.1. The maximum absolute atomic E-state index is 12.2. The van der Waals surface area contributed by atoms with Crippen molar-refractivity contribution in [1.82, 2.24) is 5.32 Å². The number of urea groups is 1. The van der Waals surface area contributed by atoms with Crippen molar-refractivity contribution in [2.45, 2.75) is 26.8 Å². The molecule has 0 saturated carbocycles. The molecule has 0 aliphatic rings. The normalized spacial score (nSPS) is 10.4. The van der Waals surface area contributed by atoms with Crippen molar-refractivity contribution in [3.8, 4) is 0 Å². The number of hydrogen-bond donors (Lipinski definition) is 3. The number of hydrogen-bond acceptors (Lipinski definition) is 3. The Morgan fingerprint density at radius 3 is 2.36 bits per heavy atom. The predicted octanol–water partition coefficient (Wildman–Crippen LogP) is 3.84. The Kier molecular flexibility index (Phi) is 5.16. The molecule has 3 amide bonds. The minimum absolute atomic E-state index is 0.0599.